The molecule has 2 aromatic heterocycles. The van der Waals surface area contributed by atoms with Crippen LogP contribution in [0.3, 0.4) is 0 Å². The van der Waals surface area contributed by atoms with Crippen molar-refractivity contribution in [1.29, 1.82) is 0 Å². The van der Waals surface area contributed by atoms with Gasteiger partial charge in [-0.15, -0.1) is 0 Å². The van der Waals surface area contributed by atoms with Gasteiger partial charge >= 0.3 is 0 Å². The van der Waals surface area contributed by atoms with E-state index in [1.807, 2.05) is 30.7 Å². The molecule has 2 rings (SSSR count). The molecule has 0 aliphatic carbocycles. The molecule has 0 fully saturated rings. The third kappa shape index (κ3) is 4.57. The van der Waals surface area contributed by atoms with Crippen LogP contribution in [0.5, 0.6) is 0 Å². The number of hydrogen-bond acceptors (Lipinski definition) is 5. The van der Waals surface area contributed by atoms with Gasteiger partial charge in [0.2, 0.25) is 5.91 Å². The molecule has 0 spiro atoms. The van der Waals surface area contributed by atoms with E-state index in [9.17, 15) is 4.79 Å². The number of thioether (sulfide) groups is 1. The first-order valence-corrected chi connectivity index (χ1v) is 8.07. The van der Waals surface area contributed by atoms with Crippen LogP contribution in [0.15, 0.2) is 36.8 Å². The average Bonchev–Trinajstić information content (AvgIpc) is 3.05. The standard InChI is InChI=1S/C14H19N5OS/c1-21-8-4-12(15)14(20)17-10-11-3-6-16-13(9-11)19-7-2-5-18-19/h2-3,5-7,9,12H,4,8,10,15H2,1H3,(H,17,20)/t12-/m0/s1. The molecule has 0 aliphatic rings. The third-order valence-corrected chi connectivity index (χ3v) is 3.63. The van der Waals surface area contributed by atoms with Crippen LogP contribution in [0, 0.1) is 0 Å². The Morgan fingerprint density at radius 3 is 3.10 bits per heavy atom. The monoisotopic (exact) mass is 305 g/mol. The molecule has 7 heteroatoms. The molecule has 0 aromatic carbocycles. The van der Waals surface area contributed by atoms with E-state index in [1.54, 1.807) is 28.8 Å². The highest BCUT2D eigenvalue weighted by Crippen LogP contribution is 2.06. The van der Waals surface area contributed by atoms with Crippen molar-refractivity contribution in [3.05, 3.63) is 42.4 Å². The molecule has 112 valence electrons. The lowest BCUT2D eigenvalue weighted by molar-refractivity contribution is -0.122. The Labute approximate surface area is 128 Å². The first kappa shape index (κ1) is 15.5. The SMILES string of the molecule is CSCC[C@H](N)C(=O)NCc1ccnc(-n2cccn2)c1. The molecule has 0 unspecified atom stereocenters. The summed E-state index contributed by atoms with van der Waals surface area (Å²) in [7, 11) is 0. The summed E-state index contributed by atoms with van der Waals surface area (Å²) in [6, 6.07) is 5.13. The van der Waals surface area contributed by atoms with Gasteiger partial charge in [0.1, 0.15) is 0 Å². The van der Waals surface area contributed by atoms with Crippen molar-refractivity contribution in [1.82, 2.24) is 20.1 Å². The number of carbonyl (C=O) groups is 1. The zero-order valence-corrected chi connectivity index (χ0v) is 12.7. The fraction of sp³-hybridized carbons (Fsp3) is 0.357. The first-order chi connectivity index (χ1) is 10.2. The maximum absolute atomic E-state index is 11.9. The molecule has 3 N–H and O–H groups in total. The smallest absolute Gasteiger partial charge is 0.237 e. The molecule has 2 heterocycles. The van der Waals surface area contributed by atoms with Gasteiger partial charge in [-0.25, -0.2) is 9.67 Å². The number of amides is 1. The minimum absolute atomic E-state index is 0.124. The minimum Gasteiger partial charge on any atom is -0.351 e. The summed E-state index contributed by atoms with van der Waals surface area (Å²) in [5.41, 5.74) is 6.78. The van der Waals surface area contributed by atoms with Gasteiger partial charge in [-0.2, -0.15) is 16.9 Å². The highest BCUT2D eigenvalue weighted by molar-refractivity contribution is 7.98. The molecule has 0 saturated heterocycles. The molecular formula is C14H19N5OS. The van der Waals surface area contributed by atoms with Crippen molar-refractivity contribution in [3.8, 4) is 5.82 Å². The lowest BCUT2D eigenvalue weighted by Gasteiger charge is -2.12. The predicted octanol–water partition coefficient (Wildman–Crippen LogP) is 0.964. The Morgan fingerprint density at radius 1 is 1.52 bits per heavy atom. The molecule has 6 nitrogen and oxygen atoms in total. The van der Waals surface area contributed by atoms with Crippen molar-refractivity contribution in [2.45, 2.75) is 19.0 Å². The highest BCUT2D eigenvalue weighted by atomic mass is 32.2. The van der Waals surface area contributed by atoms with Crippen molar-refractivity contribution in [3.63, 3.8) is 0 Å². The zero-order valence-electron chi connectivity index (χ0n) is 11.9. The summed E-state index contributed by atoms with van der Waals surface area (Å²) in [6.45, 7) is 0.433. The summed E-state index contributed by atoms with van der Waals surface area (Å²) in [5, 5.41) is 6.98. The number of rotatable bonds is 7. The van der Waals surface area contributed by atoms with Crippen LogP contribution in [0.25, 0.3) is 5.82 Å². The van der Waals surface area contributed by atoms with E-state index in [0.29, 0.717) is 13.0 Å². The average molecular weight is 305 g/mol. The van der Waals surface area contributed by atoms with Gasteiger partial charge in [0.15, 0.2) is 5.82 Å². The van der Waals surface area contributed by atoms with E-state index in [-0.39, 0.29) is 5.91 Å². The topological polar surface area (TPSA) is 85.8 Å². The second-order valence-electron chi connectivity index (χ2n) is 4.58. The van der Waals surface area contributed by atoms with Crippen LogP contribution in [0.4, 0.5) is 0 Å². The van der Waals surface area contributed by atoms with Crippen molar-refractivity contribution >= 4 is 17.7 Å². The minimum atomic E-state index is -0.454. The molecule has 0 saturated carbocycles. The Hall–Kier alpha value is -1.86. The van der Waals surface area contributed by atoms with Crippen LogP contribution in [-0.2, 0) is 11.3 Å². The van der Waals surface area contributed by atoms with Crippen LogP contribution < -0.4 is 11.1 Å². The van der Waals surface area contributed by atoms with E-state index < -0.39 is 6.04 Å². The van der Waals surface area contributed by atoms with Gasteiger partial charge in [0.25, 0.3) is 0 Å². The van der Waals surface area contributed by atoms with E-state index in [1.165, 1.54) is 0 Å². The quantitative estimate of drug-likeness (QED) is 0.796. The van der Waals surface area contributed by atoms with Gasteiger partial charge in [0.05, 0.1) is 6.04 Å². The Kier molecular flexibility index (Phi) is 5.77. The highest BCUT2D eigenvalue weighted by Gasteiger charge is 2.12. The lowest BCUT2D eigenvalue weighted by atomic mass is 10.2. The molecule has 2 aromatic rings. The fourth-order valence-electron chi connectivity index (χ4n) is 1.80. The van der Waals surface area contributed by atoms with Gasteiger partial charge in [0, 0.05) is 25.1 Å². The third-order valence-electron chi connectivity index (χ3n) is 2.99. The number of carbonyl (C=O) groups excluding carboxylic acids is 1. The first-order valence-electron chi connectivity index (χ1n) is 6.68. The molecular weight excluding hydrogens is 286 g/mol. The van der Waals surface area contributed by atoms with Gasteiger partial charge in [-0.05, 0) is 42.2 Å². The van der Waals surface area contributed by atoms with Crippen molar-refractivity contribution < 1.29 is 4.79 Å². The number of aromatic nitrogens is 3. The second-order valence-corrected chi connectivity index (χ2v) is 5.56. The Balaban J connectivity index is 1.91. The van der Waals surface area contributed by atoms with E-state index in [2.05, 4.69) is 15.4 Å². The Morgan fingerprint density at radius 2 is 2.38 bits per heavy atom. The number of pyridine rings is 1. The number of nitrogens with two attached hydrogens (primary N) is 1. The van der Waals surface area contributed by atoms with Crippen molar-refractivity contribution in [2.24, 2.45) is 5.73 Å². The molecule has 21 heavy (non-hydrogen) atoms. The molecule has 1 amide bonds. The maximum Gasteiger partial charge on any atom is 0.237 e. The van der Waals surface area contributed by atoms with Gasteiger partial charge < -0.3 is 11.1 Å². The fourth-order valence-corrected chi connectivity index (χ4v) is 2.29. The molecule has 1 atom stereocenters. The normalized spacial score (nSPS) is 12.1. The van der Waals surface area contributed by atoms with E-state index in [4.69, 9.17) is 5.73 Å². The summed E-state index contributed by atoms with van der Waals surface area (Å²) >= 11 is 1.68. The maximum atomic E-state index is 11.9. The van der Waals surface area contributed by atoms with E-state index in [0.717, 1.165) is 17.1 Å². The van der Waals surface area contributed by atoms with Gasteiger partial charge in [-0.3, -0.25) is 4.79 Å². The summed E-state index contributed by atoms with van der Waals surface area (Å²) in [6.07, 6.45) is 7.90. The van der Waals surface area contributed by atoms with Gasteiger partial charge in [-0.1, -0.05) is 0 Å². The summed E-state index contributed by atoms with van der Waals surface area (Å²) in [4.78, 5) is 16.1. The summed E-state index contributed by atoms with van der Waals surface area (Å²) < 4.78 is 1.68. The summed E-state index contributed by atoms with van der Waals surface area (Å²) in [5.74, 6) is 1.48. The van der Waals surface area contributed by atoms with Crippen molar-refractivity contribution in [2.75, 3.05) is 12.0 Å². The van der Waals surface area contributed by atoms with Crippen LogP contribution >= 0.6 is 11.8 Å². The molecule has 0 radical (unpaired) electrons. The largest absolute Gasteiger partial charge is 0.351 e. The number of nitrogens with zero attached hydrogens (tertiary/aromatic N) is 3. The second kappa shape index (κ2) is 7.80. The lowest BCUT2D eigenvalue weighted by Crippen LogP contribution is -2.40. The molecule has 0 bridgehead atoms. The van der Waals surface area contributed by atoms with Crippen LogP contribution in [0.2, 0.25) is 0 Å². The van der Waals surface area contributed by atoms with Crippen LogP contribution in [0.1, 0.15) is 12.0 Å². The van der Waals surface area contributed by atoms with Crippen LogP contribution in [-0.4, -0.2) is 38.7 Å². The Bertz CT molecular complexity index is 573. The van der Waals surface area contributed by atoms with E-state index >= 15 is 0 Å². The molecule has 0 aliphatic heterocycles. The number of hydrogen-bond donors (Lipinski definition) is 2. The number of nitrogens with one attached hydrogen (secondary N) is 1. The zero-order chi connectivity index (χ0) is 15.1. The predicted molar refractivity (Wildman–Crippen MR) is 84.2 cm³/mol.